The van der Waals surface area contributed by atoms with Crippen LogP contribution in [0.15, 0.2) is 24.3 Å². The van der Waals surface area contributed by atoms with Gasteiger partial charge in [0.2, 0.25) is 0 Å². The van der Waals surface area contributed by atoms with E-state index in [0.29, 0.717) is 12.0 Å². The van der Waals surface area contributed by atoms with E-state index in [1.165, 1.54) is 19.3 Å². The molecule has 3 nitrogen and oxygen atoms in total. The van der Waals surface area contributed by atoms with Crippen molar-refractivity contribution in [3.63, 3.8) is 0 Å². The SMILES string of the molecule is Cc1cccc(OCC(=O)N[C@H]2CCCC[C@@H]2C)c1. The van der Waals surface area contributed by atoms with Crippen LogP contribution < -0.4 is 10.1 Å². The van der Waals surface area contributed by atoms with Crippen LogP contribution in [0.2, 0.25) is 0 Å². The molecule has 1 fully saturated rings. The minimum absolute atomic E-state index is 0.0137. The van der Waals surface area contributed by atoms with Crippen LogP contribution >= 0.6 is 0 Å². The fourth-order valence-electron chi connectivity index (χ4n) is 2.63. The smallest absolute Gasteiger partial charge is 0.258 e. The molecule has 1 aliphatic carbocycles. The van der Waals surface area contributed by atoms with E-state index in [1.54, 1.807) is 0 Å². The first kappa shape index (κ1) is 13.9. The number of carbonyl (C=O) groups is 1. The molecule has 3 heteroatoms. The first-order chi connectivity index (χ1) is 9.15. The summed E-state index contributed by atoms with van der Waals surface area (Å²) in [5, 5.41) is 3.09. The summed E-state index contributed by atoms with van der Waals surface area (Å²) in [7, 11) is 0. The number of ether oxygens (including phenoxy) is 1. The maximum absolute atomic E-state index is 11.9. The van der Waals surface area contributed by atoms with Crippen LogP contribution in [0.3, 0.4) is 0 Å². The molecule has 0 aromatic heterocycles. The third-order valence-corrected chi connectivity index (χ3v) is 3.82. The molecule has 19 heavy (non-hydrogen) atoms. The Morgan fingerprint density at radius 3 is 2.89 bits per heavy atom. The van der Waals surface area contributed by atoms with Gasteiger partial charge < -0.3 is 10.1 Å². The molecule has 1 aromatic rings. The summed E-state index contributed by atoms with van der Waals surface area (Å²) in [5.74, 6) is 1.32. The lowest BCUT2D eigenvalue weighted by molar-refractivity contribution is -0.124. The van der Waals surface area contributed by atoms with Crippen molar-refractivity contribution in [1.29, 1.82) is 0 Å². The average molecular weight is 261 g/mol. The zero-order chi connectivity index (χ0) is 13.7. The van der Waals surface area contributed by atoms with Crippen LogP contribution in [0.25, 0.3) is 0 Å². The fourth-order valence-corrected chi connectivity index (χ4v) is 2.63. The minimum atomic E-state index is -0.0137. The summed E-state index contributed by atoms with van der Waals surface area (Å²) < 4.78 is 5.51. The van der Waals surface area contributed by atoms with Crippen molar-refractivity contribution in [2.45, 2.75) is 45.6 Å². The van der Waals surface area contributed by atoms with Crippen LogP contribution in [0.5, 0.6) is 5.75 Å². The van der Waals surface area contributed by atoms with Gasteiger partial charge >= 0.3 is 0 Å². The Kier molecular flexibility index (Phi) is 4.83. The number of hydrogen-bond acceptors (Lipinski definition) is 2. The van der Waals surface area contributed by atoms with E-state index in [1.807, 2.05) is 31.2 Å². The summed E-state index contributed by atoms with van der Waals surface area (Å²) in [6.07, 6.45) is 4.81. The molecule has 2 atom stereocenters. The van der Waals surface area contributed by atoms with Gasteiger partial charge in [-0.3, -0.25) is 4.79 Å². The van der Waals surface area contributed by atoms with Crippen LogP contribution in [-0.4, -0.2) is 18.6 Å². The largest absolute Gasteiger partial charge is 0.484 e. The molecule has 0 spiro atoms. The van der Waals surface area contributed by atoms with E-state index < -0.39 is 0 Å². The third-order valence-electron chi connectivity index (χ3n) is 3.82. The average Bonchev–Trinajstić information content (AvgIpc) is 2.39. The van der Waals surface area contributed by atoms with Crippen LogP contribution in [-0.2, 0) is 4.79 Å². The molecule has 1 aliphatic rings. The van der Waals surface area contributed by atoms with Crippen molar-refractivity contribution in [2.24, 2.45) is 5.92 Å². The first-order valence-electron chi connectivity index (χ1n) is 7.14. The molecule has 1 saturated carbocycles. The molecule has 1 aromatic carbocycles. The summed E-state index contributed by atoms with van der Waals surface area (Å²) in [4.78, 5) is 11.9. The summed E-state index contributed by atoms with van der Waals surface area (Å²) in [6.45, 7) is 4.33. The highest BCUT2D eigenvalue weighted by Gasteiger charge is 2.22. The second-order valence-electron chi connectivity index (χ2n) is 5.54. The van der Waals surface area contributed by atoms with Crippen molar-refractivity contribution in [2.75, 3.05) is 6.61 Å². The van der Waals surface area contributed by atoms with E-state index in [-0.39, 0.29) is 12.5 Å². The predicted molar refractivity (Wildman–Crippen MR) is 76.2 cm³/mol. The number of carbonyl (C=O) groups excluding carboxylic acids is 1. The van der Waals surface area contributed by atoms with Gasteiger partial charge in [-0.15, -0.1) is 0 Å². The van der Waals surface area contributed by atoms with Gasteiger partial charge in [-0.2, -0.15) is 0 Å². The monoisotopic (exact) mass is 261 g/mol. The normalized spacial score (nSPS) is 22.8. The Morgan fingerprint density at radius 2 is 2.16 bits per heavy atom. The second-order valence-corrected chi connectivity index (χ2v) is 5.54. The van der Waals surface area contributed by atoms with Crippen molar-refractivity contribution < 1.29 is 9.53 Å². The zero-order valence-electron chi connectivity index (χ0n) is 11.8. The Hall–Kier alpha value is -1.51. The Labute approximate surface area is 115 Å². The quantitative estimate of drug-likeness (QED) is 0.904. The maximum Gasteiger partial charge on any atom is 0.258 e. The summed E-state index contributed by atoms with van der Waals surface area (Å²) in [6, 6.07) is 8.09. The zero-order valence-corrected chi connectivity index (χ0v) is 11.8. The van der Waals surface area contributed by atoms with Crippen LogP contribution in [0.1, 0.15) is 38.2 Å². The Balaban J connectivity index is 1.78. The minimum Gasteiger partial charge on any atom is -0.484 e. The van der Waals surface area contributed by atoms with E-state index in [9.17, 15) is 4.79 Å². The molecule has 1 amide bonds. The highest BCUT2D eigenvalue weighted by molar-refractivity contribution is 5.77. The Morgan fingerprint density at radius 1 is 1.37 bits per heavy atom. The lowest BCUT2D eigenvalue weighted by atomic mass is 9.86. The number of aryl methyl sites for hydroxylation is 1. The molecule has 0 unspecified atom stereocenters. The van der Waals surface area contributed by atoms with E-state index >= 15 is 0 Å². The van der Waals surface area contributed by atoms with Crippen molar-refractivity contribution >= 4 is 5.91 Å². The molecule has 0 aliphatic heterocycles. The number of hydrogen-bond donors (Lipinski definition) is 1. The van der Waals surface area contributed by atoms with Gasteiger partial charge in [0, 0.05) is 6.04 Å². The molecular weight excluding hydrogens is 238 g/mol. The summed E-state index contributed by atoms with van der Waals surface area (Å²) in [5.41, 5.74) is 1.14. The highest BCUT2D eigenvalue weighted by atomic mass is 16.5. The van der Waals surface area contributed by atoms with Crippen molar-refractivity contribution in [3.05, 3.63) is 29.8 Å². The number of nitrogens with one attached hydrogen (secondary N) is 1. The molecule has 0 bridgehead atoms. The molecule has 2 rings (SSSR count). The lowest BCUT2D eigenvalue weighted by Crippen LogP contribution is -2.43. The molecule has 0 saturated heterocycles. The Bertz CT molecular complexity index is 431. The van der Waals surface area contributed by atoms with Crippen molar-refractivity contribution in [3.8, 4) is 5.75 Å². The highest BCUT2D eigenvalue weighted by Crippen LogP contribution is 2.23. The standard InChI is InChI=1S/C16H23NO2/c1-12-6-5-8-14(10-12)19-11-16(18)17-15-9-4-3-7-13(15)2/h5-6,8,10,13,15H,3-4,7,9,11H2,1-2H3,(H,17,18)/t13-,15-/m0/s1. The van der Waals surface area contributed by atoms with Gasteiger partial charge in [-0.1, -0.05) is 31.9 Å². The lowest BCUT2D eigenvalue weighted by Gasteiger charge is -2.29. The van der Waals surface area contributed by atoms with Gasteiger partial charge in [0.05, 0.1) is 0 Å². The number of rotatable bonds is 4. The van der Waals surface area contributed by atoms with E-state index in [4.69, 9.17) is 4.74 Å². The van der Waals surface area contributed by atoms with Gasteiger partial charge in [0.15, 0.2) is 6.61 Å². The maximum atomic E-state index is 11.9. The topological polar surface area (TPSA) is 38.3 Å². The fraction of sp³-hybridized carbons (Fsp3) is 0.562. The third kappa shape index (κ3) is 4.27. The van der Waals surface area contributed by atoms with Gasteiger partial charge in [-0.05, 0) is 43.4 Å². The van der Waals surface area contributed by atoms with Crippen LogP contribution in [0.4, 0.5) is 0 Å². The van der Waals surface area contributed by atoms with Crippen molar-refractivity contribution in [1.82, 2.24) is 5.32 Å². The van der Waals surface area contributed by atoms with Gasteiger partial charge in [0.25, 0.3) is 5.91 Å². The van der Waals surface area contributed by atoms with E-state index in [2.05, 4.69) is 12.2 Å². The molecule has 1 N–H and O–H groups in total. The first-order valence-corrected chi connectivity index (χ1v) is 7.14. The molecule has 0 radical (unpaired) electrons. The number of amides is 1. The predicted octanol–water partition coefficient (Wildman–Crippen LogP) is 3.07. The second kappa shape index (κ2) is 6.60. The summed E-state index contributed by atoms with van der Waals surface area (Å²) >= 11 is 0. The van der Waals surface area contributed by atoms with Gasteiger partial charge in [-0.25, -0.2) is 0 Å². The van der Waals surface area contributed by atoms with Crippen LogP contribution in [0, 0.1) is 12.8 Å². The van der Waals surface area contributed by atoms with E-state index in [0.717, 1.165) is 17.7 Å². The molecular formula is C16H23NO2. The van der Waals surface area contributed by atoms with Gasteiger partial charge in [0.1, 0.15) is 5.75 Å². The molecule has 104 valence electrons. The number of benzene rings is 1. The molecule has 0 heterocycles.